The number of carbonyl (C=O) groups is 1. The van der Waals surface area contributed by atoms with Crippen molar-refractivity contribution in [3.05, 3.63) is 24.4 Å². The molecular formula is C7H4N4O2. The molecule has 0 fully saturated rings. The van der Waals surface area contributed by atoms with E-state index in [0.29, 0.717) is 0 Å². The summed E-state index contributed by atoms with van der Waals surface area (Å²) in [5.74, 6) is -0.862. The van der Waals surface area contributed by atoms with Gasteiger partial charge in [-0.25, -0.2) is 4.79 Å². The Morgan fingerprint density at radius 1 is 1.77 bits per heavy atom. The fourth-order valence-corrected chi connectivity index (χ4v) is 0.548. The number of esters is 1. The van der Waals surface area contributed by atoms with Gasteiger partial charge in [0.2, 0.25) is 0 Å². The van der Waals surface area contributed by atoms with E-state index in [4.69, 9.17) is 5.26 Å². The van der Waals surface area contributed by atoms with Crippen molar-refractivity contribution in [1.29, 1.82) is 5.26 Å². The maximum absolute atomic E-state index is 10.7. The molecule has 0 aliphatic carbocycles. The SMILES string of the molecule is C=CC(=O)Oc1nnncc1C#N. The van der Waals surface area contributed by atoms with E-state index in [0.717, 1.165) is 12.3 Å². The molecule has 64 valence electrons. The molecule has 0 aliphatic rings. The summed E-state index contributed by atoms with van der Waals surface area (Å²) in [4.78, 5) is 10.7. The predicted molar refractivity (Wildman–Crippen MR) is 40.4 cm³/mol. The molecule has 13 heavy (non-hydrogen) atoms. The van der Waals surface area contributed by atoms with Crippen molar-refractivity contribution in [3.8, 4) is 11.9 Å². The number of hydrogen-bond acceptors (Lipinski definition) is 6. The molecule has 1 aromatic rings. The molecule has 0 aromatic carbocycles. The number of aromatic nitrogens is 3. The second-order valence-corrected chi connectivity index (χ2v) is 1.89. The lowest BCUT2D eigenvalue weighted by Gasteiger charge is -1.98. The lowest BCUT2D eigenvalue weighted by molar-refractivity contribution is -0.129. The number of carbonyl (C=O) groups excluding carboxylic acids is 1. The standard InChI is InChI=1S/C7H4N4O2/c1-2-6(12)13-7-5(3-8)4-9-11-10-7/h2,4H,1H2. The van der Waals surface area contributed by atoms with Crippen LogP contribution in [0.5, 0.6) is 5.88 Å². The van der Waals surface area contributed by atoms with Crippen LogP contribution in [0.4, 0.5) is 0 Å². The first-order chi connectivity index (χ1) is 6.27. The van der Waals surface area contributed by atoms with E-state index in [-0.39, 0.29) is 11.4 Å². The van der Waals surface area contributed by atoms with Crippen LogP contribution in [0.15, 0.2) is 18.9 Å². The Morgan fingerprint density at radius 2 is 2.54 bits per heavy atom. The van der Waals surface area contributed by atoms with E-state index in [1.807, 2.05) is 0 Å². The quantitative estimate of drug-likeness (QED) is 0.459. The Morgan fingerprint density at radius 3 is 3.15 bits per heavy atom. The molecule has 0 unspecified atom stereocenters. The molecule has 0 aliphatic heterocycles. The average molecular weight is 176 g/mol. The summed E-state index contributed by atoms with van der Waals surface area (Å²) in [5.41, 5.74) is 0.0465. The normalized spacial score (nSPS) is 8.54. The van der Waals surface area contributed by atoms with Crippen LogP contribution in [0.25, 0.3) is 0 Å². The zero-order valence-corrected chi connectivity index (χ0v) is 6.47. The van der Waals surface area contributed by atoms with Gasteiger partial charge in [0.05, 0.1) is 6.20 Å². The van der Waals surface area contributed by atoms with Crippen LogP contribution >= 0.6 is 0 Å². The first-order valence-corrected chi connectivity index (χ1v) is 3.20. The molecule has 1 aromatic heterocycles. The summed E-state index contributed by atoms with van der Waals surface area (Å²) >= 11 is 0. The molecule has 0 amide bonds. The number of hydrogen-bond donors (Lipinski definition) is 0. The minimum Gasteiger partial charge on any atom is -0.401 e. The Balaban J connectivity index is 2.95. The first-order valence-electron chi connectivity index (χ1n) is 3.20. The second-order valence-electron chi connectivity index (χ2n) is 1.89. The fourth-order valence-electron chi connectivity index (χ4n) is 0.548. The number of rotatable bonds is 2. The highest BCUT2D eigenvalue weighted by Gasteiger charge is 2.08. The van der Waals surface area contributed by atoms with Crippen molar-refractivity contribution in [2.24, 2.45) is 0 Å². The summed E-state index contributed by atoms with van der Waals surface area (Å²) < 4.78 is 4.59. The van der Waals surface area contributed by atoms with E-state index in [1.165, 1.54) is 0 Å². The molecule has 6 heteroatoms. The van der Waals surface area contributed by atoms with E-state index in [2.05, 4.69) is 26.7 Å². The smallest absolute Gasteiger partial charge is 0.336 e. The zero-order chi connectivity index (χ0) is 9.68. The van der Waals surface area contributed by atoms with Crippen LogP contribution in [0.2, 0.25) is 0 Å². The third-order valence-electron chi connectivity index (χ3n) is 1.09. The van der Waals surface area contributed by atoms with Crippen LogP contribution < -0.4 is 4.74 Å². The topological polar surface area (TPSA) is 88.8 Å². The maximum Gasteiger partial charge on any atom is 0.336 e. The van der Waals surface area contributed by atoms with Crippen LogP contribution in [0.1, 0.15) is 5.56 Å². The molecule has 0 saturated carbocycles. The van der Waals surface area contributed by atoms with Crippen LogP contribution in [-0.2, 0) is 4.79 Å². The molecule has 0 saturated heterocycles. The van der Waals surface area contributed by atoms with Crippen molar-refractivity contribution in [3.63, 3.8) is 0 Å². The lowest BCUT2D eigenvalue weighted by atomic mass is 10.4. The summed E-state index contributed by atoms with van der Waals surface area (Å²) in [7, 11) is 0. The molecule has 0 radical (unpaired) electrons. The molecule has 0 spiro atoms. The van der Waals surface area contributed by atoms with E-state index in [9.17, 15) is 4.79 Å². The zero-order valence-electron chi connectivity index (χ0n) is 6.47. The number of nitrogens with zero attached hydrogens (tertiary/aromatic N) is 4. The van der Waals surface area contributed by atoms with Crippen molar-refractivity contribution in [1.82, 2.24) is 15.4 Å². The number of nitriles is 1. The lowest BCUT2D eigenvalue weighted by Crippen LogP contribution is -2.07. The summed E-state index contributed by atoms with van der Waals surface area (Å²) in [5, 5.41) is 18.5. The Hall–Kier alpha value is -2.29. The fraction of sp³-hybridized carbons (Fsp3) is 0. The molecule has 1 heterocycles. The highest BCUT2D eigenvalue weighted by molar-refractivity contribution is 5.83. The maximum atomic E-state index is 10.7. The largest absolute Gasteiger partial charge is 0.401 e. The van der Waals surface area contributed by atoms with Gasteiger partial charge in [-0.1, -0.05) is 11.7 Å². The van der Waals surface area contributed by atoms with Gasteiger partial charge < -0.3 is 4.74 Å². The first kappa shape index (κ1) is 8.80. The van der Waals surface area contributed by atoms with Crippen LogP contribution in [0.3, 0.4) is 0 Å². The van der Waals surface area contributed by atoms with Crippen molar-refractivity contribution in [2.75, 3.05) is 0 Å². The third kappa shape index (κ3) is 2.07. The van der Waals surface area contributed by atoms with Crippen molar-refractivity contribution >= 4 is 5.97 Å². The van der Waals surface area contributed by atoms with Gasteiger partial charge in [0.15, 0.2) is 0 Å². The van der Waals surface area contributed by atoms with E-state index < -0.39 is 5.97 Å². The molecule has 0 N–H and O–H groups in total. The van der Waals surface area contributed by atoms with Gasteiger partial charge in [0.1, 0.15) is 11.6 Å². The van der Waals surface area contributed by atoms with Crippen LogP contribution in [-0.4, -0.2) is 21.4 Å². The minimum atomic E-state index is -0.697. The second kappa shape index (κ2) is 3.92. The molecular weight excluding hydrogens is 172 g/mol. The van der Waals surface area contributed by atoms with Gasteiger partial charge in [-0.2, -0.15) is 5.26 Å². The molecule has 0 atom stereocenters. The molecule has 1 rings (SSSR count). The predicted octanol–water partition coefficient (Wildman–Crippen LogP) is -0.165. The average Bonchev–Trinajstić information content (AvgIpc) is 2.18. The highest BCUT2D eigenvalue weighted by atomic mass is 16.5. The van der Waals surface area contributed by atoms with E-state index >= 15 is 0 Å². The summed E-state index contributed by atoms with van der Waals surface area (Å²) in [6.45, 7) is 3.19. The van der Waals surface area contributed by atoms with Gasteiger partial charge in [-0.05, 0) is 5.21 Å². The van der Waals surface area contributed by atoms with E-state index in [1.54, 1.807) is 6.07 Å². The number of ether oxygens (including phenoxy) is 1. The van der Waals surface area contributed by atoms with Gasteiger partial charge >= 0.3 is 5.97 Å². The summed E-state index contributed by atoms with van der Waals surface area (Å²) in [6.07, 6.45) is 2.11. The Bertz CT molecular complexity index is 382. The van der Waals surface area contributed by atoms with Gasteiger partial charge in [0.25, 0.3) is 5.88 Å². The minimum absolute atomic E-state index is 0.0465. The van der Waals surface area contributed by atoms with Gasteiger partial charge in [-0.15, -0.1) is 5.10 Å². The van der Waals surface area contributed by atoms with Crippen molar-refractivity contribution < 1.29 is 9.53 Å². The van der Waals surface area contributed by atoms with Gasteiger partial charge in [0, 0.05) is 6.08 Å². The summed E-state index contributed by atoms with van der Waals surface area (Å²) in [6, 6.07) is 1.75. The van der Waals surface area contributed by atoms with Crippen LogP contribution in [0, 0.1) is 11.3 Å². The van der Waals surface area contributed by atoms with Gasteiger partial charge in [-0.3, -0.25) is 0 Å². The third-order valence-corrected chi connectivity index (χ3v) is 1.09. The molecule has 6 nitrogen and oxygen atoms in total. The Kier molecular flexibility index (Phi) is 2.65. The Labute approximate surface area is 73.5 Å². The molecule has 0 bridgehead atoms. The van der Waals surface area contributed by atoms with Crippen molar-refractivity contribution in [2.45, 2.75) is 0 Å². The highest BCUT2D eigenvalue weighted by Crippen LogP contribution is 2.09. The monoisotopic (exact) mass is 176 g/mol.